The van der Waals surface area contributed by atoms with E-state index < -0.39 is 0 Å². The molecule has 2 heterocycles. The van der Waals surface area contributed by atoms with Crippen LogP contribution in [0.1, 0.15) is 32.6 Å². The summed E-state index contributed by atoms with van der Waals surface area (Å²) in [5.41, 5.74) is 0. The van der Waals surface area contributed by atoms with Crippen LogP contribution in [0.2, 0.25) is 0 Å². The number of carbonyl (C=O) groups excluding carboxylic acids is 1. The summed E-state index contributed by atoms with van der Waals surface area (Å²) < 4.78 is 0. The molecule has 0 radical (unpaired) electrons. The fourth-order valence-electron chi connectivity index (χ4n) is 2.66. The highest BCUT2D eigenvalue weighted by molar-refractivity contribution is 5.74. The first-order valence-electron chi connectivity index (χ1n) is 4.65. The molecule has 0 aliphatic carbocycles. The lowest BCUT2D eigenvalue weighted by atomic mass is 10.00. The van der Waals surface area contributed by atoms with Crippen molar-refractivity contribution < 1.29 is 9.90 Å². The highest BCUT2D eigenvalue weighted by Gasteiger charge is 2.41. The number of fused-ring (bicyclic) bond motifs is 2. The highest BCUT2D eigenvalue weighted by atomic mass is 16.3. The van der Waals surface area contributed by atoms with E-state index in [9.17, 15) is 9.90 Å². The smallest absolute Gasteiger partial charge is 0.219 e. The normalized spacial score (nSPS) is 40.2. The molecule has 2 saturated heterocycles. The number of nitrogens with zero attached hydrogens (tertiary/aromatic N) is 1. The lowest BCUT2D eigenvalue weighted by molar-refractivity contribution is -0.134. The summed E-state index contributed by atoms with van der Waals surface area (Å²) in [6, 6.07) is 0.660. The maximum Gasteiger partial charge on any atom is 0.219 e. The van der Waals surface area contributed by atoms with Crippen molar-refractivity contribution in [1.29, 1.82) is 0 Å². The van der Waals surface area contributed by atoms with Crippen LogP contribution in [0, 0.1) is 0 Å². The predicted molar refractivity (Wildman–Crippen MR) is 44.6 cm³/mol. The molecule has 1 amide bonds. The number of hydrogen-bond donors (Lipinski definition) is 1. The maximum absolute atomic E-state index is 11.2. The maximum atomic E-state index is 11.2. The Hall–Kier alpha value is -0.570. The minimum absolute atomic E-state index is 0.168. The molecule has 12 heavy (non-hydrogen) atoms. The van der Waals surface area contributed by atoms with Gasteiger partial charge in [-0.05, 0) is 25.7 Å². The fourth-order valence-corrected chi connectivity index (χ4v) is 2.66. The van der Waals surface area contributed by atoms with Gasteiger partial charge in [-0.3, -0.25) is 4.79 Å². The molecule has 68 valence electrons. The first-order chi connectivity index (χ1) is 5.68. The summed E-state index contributed by atoms with van der Waals surface area (Å²) in [5, 5.41) is 9.45. The molecular formula is C9H15NO2. The minimum atomic E-state index is -0.168. The molecule has 0 unspecified atom stereocenters. The number of rotatable bonds is 0. The number of amides is 1. The Bertz CT molecular complexity index is 191. The lowest BCUT2D eigenvalue weighted by Gasteiger charge is -2.36. The summed E-state index contributed by atoms with van der Waals surface area (Å²) in [7, 11) is 0. The Labute approximate surface area is 72.4 Å². The Morgan fingerprint density at radius 2 is 1.83 bits per heavy atom. The number of aliphatic hydroxyl groups excluding tert-OH is 1. The van der Waals surface area contributed by atoms with E-state index in [1.165, 1.54) is 0 Å². The van der Waals surface area contributed by atoms with Crippen LogP contribution >= 0.6 is 0 Å². The predicted octanol–water partition coefficient (Wildman–Crippen LogP) is 0.521. The molecule has 0 saturated carbocycles. The molecule has 2 fully saturated rings. The van der Waals surface area contributed by atoms with E-state index in [0.29, 0.717) is 12.1 Å². The number of piperidine rings is 1. The minimum Gasteiger partial charge on any atom is -0.393 e. The van der Waals surface area contributed by atoms with Gasteiger partial charge in [0, 0.05) is 19.0 Å². The summed E-state index contributed by atoms with van der Waals surface area (Å²) in [6.45, 7) is 1.63. The van der Waals surface area contributed by atoms with Crippen LogP contribution in [-0.4, -0.2) is 34.1 Å². The van der Waals surface area contributed by atoms with E-state index in [2.05, 4.69) is 0 Å². The van der Waals surface area contributed by atoms with Crippen molar-refractivity contribution in [2.45, 2.75) is 50.8 Å². The van der Waals surface area contributed by atoms with Crippen LogP contribution in [0.4, 0.5) is 0 Å². The van der Waals surface area contributed by atoms with Gasteiger partial charge in [-0.25, -0.2) is 0 Å². The Morgan fingerprint density at radius 3 is 2.25 bits per heavy atom. The number of aliphatic hydroxyl groups is 1. The second-order valence-electron chi connectivity index (χ2n) is 3.94. The standard InChI is InChI=1S/C9H15NO2/c1-6(11)10-7-2-3-8(10)5-9(12)4-7/h7-9,12H,2-5H2,1H3/t7-,8+,9+. The van der Waals surface area contributed by atoms with Gasteiger partial charge in [-0.2, -0.15) is 0 Å². The van der Waals surface area contributed by atoms with Crippen LogP contribution in [0.5, 0.6) is 0 Å². The molecule has 2 rings (SSSR count). The molecule has 2 bridgehead atoms. The molecule has 3 atom stereocenters. The van der Waals surface area contributed by atoms with Crippen molar-refractivity contribution in [3.05, 3.63) is 0 Å². The van der Waals surface area contributed by atoms with Gasteiger partial charge in [0.05, 0.1) is 6.10 Å². The first kappa shape index (κ1) is 8.05. The SMILES string of the molecule is CC(=O)N1[C@@H]2CC[C@H]1C[C@@H](O)C2. The first-order valence-corrected chi connectivity index (χ1v) is 4.65. The van der Waals surface area contributed by atoms with E-state index in [0.717, 1.165) is 25.7 Å². The van der Waals surface area contributed by atoms with Crippen LogP contribution in [0.25, 0.3) is 0 Å². The Balaban J connectivity index is 2.14. The molecule has 2 aliphatic rings. The molecule has 0 aromatic heterocycles. The lowest BCUT2D eigenvalue weighted by Crippen LogP contribution is -2.46. The van der Waals surface area contributed by atoms with Gasteiger partial charge in [0.15, 0.2) is 0 Å². The Morgan fingerprint density at radius 1 is 1.33 bits per heavy atom. The molecule has 1 N–H and O–H groups in total. The number of hydrogen-bond acceptors (Lipinski definition) is 2. The van der Waals surface area contributed by atoms with Crippen molar-refractivity contribution in [1.82, 2.24) is 4.90 Å². The van der Waals surface area contributed by atoms with Crippen LogP contribution in [0.3, 0.4) is 0 Å². The van der Waals surface area contributed by atoms with Crippen LogP contribution in [0.15, 0.2) is 0 Å². The summed E-state index contributed by atoms with van der Waals surface area (Å²) >= 11 is 0. The largest absolute Gasteiger partial charge is 0.393 e. The summed E-state index contributed by atoms with van der Waals surface area (Å²) in [4.78, 5) is 13.2. The van der Waals surface area contributed by atoms with Gasteiger partial charge >= 0.3 is 0 Å². The topological polar surface area (TPSA) is 40.5 Å². The van der Waals surface area contributed by atoms with Crippen molar-refractivity contribution in [2.24, 2.45) is 0 Å². The average molecular weight is 169 g/mol. The van der Waals surface area contributed by atoms with E-state index in [4.69, 9.17) is 0 Å². The second kappa shape index (κ2) is 2.73. The highest BCUT2D eigenvalue weighted by Crippen LogP contribution is 2.35. The molecule has 3 heteroatoms. The molecular weight excluding hydrogens is 154 g/mol. The van der Waals surface area contributed by atoms with Gasteiger partial charge in [-0.15, -0.1) is 0 Å². The molecule has 2 aliphatic heterocycles. The van der Waals surface area contributed by atoms with Gasteiger partial charge in [-0.1, -0.05) is 0 Å². The van der Waals surface area contributed by atoms with Gasteiger partial charge in [0.1, 0.15) is 0 Å². The summed E-state index contributed by atoms with van der Waals surface area (Å²) in [5.74, 6) is 0.175. The third-order valence-corrected chi connectivity index (χ3v) is 3.07. The monoisotopic (exact) mass is 169 g/mol. The third-order valence-electron chi connectivity index (χ3n) is 3.07. The van der Waals surface area contributed by atoms with E-state index in [1.54, 1.807) is 6.92 Å². The molecule has 0 aromatic carbocycles. The quantitative estimate of drug-likeness (QED) is 0.574. The second-order valence-corrected chi connectivity index (χ2v) is 3.94. The zero-order valence-corrected chi connectivity index (χ0v) is 7.36. The van der Waals surface area contributed by atoms with Gasteiger partial charge in [0.25, 0.3) is 0 Å². The van der Waals surface area contributed by atoms with Crippen molar-refractivity contribution >= 4 is 5.91 Å². The van der Waals surface area contributed by atoms with Crippen molar-refractivity contribution in [3.8, 4) is 0 Å². The average Bonchev–Trinajstić information content (AvgIpc) is 2.24. The molecule has 3 nitrogen and oxygen atoms in total. The third kappa shape index (κ3) is 1.12. The fraction of sp³-hybridized carbons (Fsp3) is 0.889. The zero-order chi connectivity index (χ0) is 8.72. The number of carbonyl (C=O) groups is 1. The molecule has 0 aromatic rings. The van der Waals surface area contributed by atoms with Gasteiger partial charge in [0.2, 0.25) is 5.91 Å². The van der Waals surface area contributed by atoms with E-state index in [-0.39, 0.29) is 12.0 Å². The summed E-state index contributed by atoms with van der Waals surface area (Å²) in [6.07, 6.45) is 3.58. The van der Waals surface area contributed by atoms with E-state index >= 15 is 0 Å². The van der Waals surface area contributed by atoms with Crippen LogP contribution < -0.4 is 0 Å². The Kier molecular flexibility index (Phi) is 1.83. The van der Waals surface area contributed by atoms with E-state index in [1.807, 2.05) is 4.90 Å². The molecule has 0 spiro atoms. The van der Waals surface area contributed by atoms with Crippen molar-refractivity contribution in [2.75, 3.05) is 0 Å². The zero-order valence-electron chi connectivity index (χ0n) is 7.36. The van der Waals surface area contributed by atoms with Crippen molar-refractivity contribution in [3.63, 3.8) is 0 Å². The van der Waals surface area contributed by atoms with Crippen LogP contribution in [-0.2, 0) is 4.79 Å². The van der Waals surface area contributed by atoms with Gasteiger partial charge < -0.3 is 10.0 Å².